The van der Waals surface area contributed by atoms with E-state index in [4.69, 9.17) is 0 Å². The van der Waals surface area contributed by atoms with Crippen LogP contribution in [0.2, 0.25) is 0 Å². The highest BCUT2D eigenvalue weighted by molar-refractivity contribution is 7.11. The lowest BCUT2D eigenvalue weighted by molar-refractivity contribution is 0.361. The smallest absolute Gasteiger partial charge is 0.0900 e. The quantitative estimate of drug-likeness (QED) is 0.845. The third-order valence-corrected chi connectivity index (χ3v) is 4.60. The van der Waals surface area contributed by atoms with Crippen LogP contribution in [0.4, 0.5) is 0 Å². The summed E-state index contributed by atoms with van der Waals surface area (Å²) in [7, 11) is 0. The van der Waals surface area contributed by atoms with Gasteiger partial charge in [0, 0.05) is 17.0 Å². The zero-order chi connectivity index (χ0) is 12.3. The summed E-state index contributed by atoms with van der Waals surface area (Å²) in [5.41, 5.74) is 1.18. The van der Waals surface area contributed by atoms with Crippen LogP contribution in [-0.2, 0) is 0 Å². The van der Waals surface area contributed by atoms with E-state index in [-0.39, 0.29) is 0 Å². The third-order valence-electron chi connectivity index (χ3n) is 3.34. The zero-order valence-electron chi connectivity index (χ0n) is 11.3. The molecule has 0 aliphatic rings. The van der Waals surface area contributed by atoms with Crippen molar-refractivity contribution in [3.63, 3.8) is 0 Å². The van der Waals surface area contributed by atoms with Gasteiger partial charge in [0.25, 0.3) is 0 Å². The summed E-state index contributed by atoms with van der Waals surface area (Å²) in [5.74, 6) is 0.719. The van der Waals surface area contributed by atoms with Crippen molar-refractivity contribution in [3.8, 4) is 0 Å². The molecule has 1 heterocycles. The normalized spacial score (nSPS) is 17.1. The summed E-state index contributed by atoms with van der Waals surface area (Å²) in [6, 6.07) is 0.969. The van der Waals surface area contributed by atoms with Gasteiger partial charge in [-0.2, -0.15) is 0 Å². The summed E-state index contributed by atoms with van der Waals surface area (Å²) in [6.45, 7) is 13.2. The topological polar surface area (TPSA) is 24.9 Å². The highest BCUT2D eigenvalue weighted by atomic mass is 32.1. The fourth-order valence-electron chi connectivity index (χ4n) is 1.94. The molecule has 0 aliphatic carbocycles. The first-order valence-corrected chi connectivity index (χ1v) is 6.97. The molecule has 3 heteroatoms. The molecule has 92 valence electrons. The highest BCUT2D eigenvalue weighted by Crippen LogP contribution is 2.25. The van der Waals surface area contributed by atoms with Crippen LogP contribution in [0.3, 0.4) is 0 Å². The first kappa shape index (κ1) is 13.7. The van der Waals surface area contributed by atoms with Crippen LogP contribution >= 0.6 is 11.3 Å². The fourth-order valence-corrected chi connectivity index (χ4v) is 2.88. The van der Waals surface area contributed by atoms with Gasteiger partial charge in [0.2, 0.25) is 0 Å². The second-order valence-electron chi connectivity index (χ2n) is 4.75. The molecular formula is C13H24N2S. The second-order valence-corrected chi connectivity index (χ2v) is 5.98. The number of aromatic nitrogens is 1. The summed E-state index contributed by atoms with van der Waals surface area (Å²) >= 11 is 1.81. The van der Waals surface area contributed by atoms with Gasteiger partial charge in [0.05, 0.1) is 10.7 Å². The molecule has 1 aromatic rings. The Labute approximate surface area is 103 Å². The van der Waals surface area contributed by atoms with Crippen molar-refractivity contribution in [2.24, 2.45) is 5.92 Å². The maximum Gasteiger partial charge on any atom is 0.0900 e. The molecule has 16 heavy (non-hydrogen) atoms. The van der Waals surface area contributed by atoms with Crippen LogP contribution in [0.25, 0.3) is 0 Å². The van der Waals surface area contributed by atoms with Gasteiger partial charge in [0.15, 0.2) is 0 Å². The lowest BCUT2D eigenvalue weighted by Crippen LogP contribution is -2.33. The Morgan fingerprint density at radius 3 is 2.31 bits per heavy atom. The van der Waals surface area contributed by atoms with E-state index in [2.05, 4.69) is 51.8 Å². The van der Waals surface area contributed by atoms with E-state index in [1.807, 2.05) is 11.3 Å². The van der Waals surface area contributed by atoms with Crippen LogP contribution < -0.4 is 5.32 Å². The van der Waals surface area contributed by atoms with Gasteiger partial charge in [-0.3, -0.25) is 0 Å². The maximum atomic E-state index is 4.48. The number of aryl methyl sites for hydroxylation is 2. The largest absolute Gasteiger partial charge is 0.307 e. The highest BCUT2D eigenvalue weighted by Gasteiger charge is 2.17. The fraction of sp³-hybridized carbons (Fsp3) is 0.769. The van der Waals surface area contributed by atoms with Crippen LogP contribution in [0, 0.1) is 19.8 Å². The van der Waals surface area contributed by atoms with Gasteiger partial charge in [-0.05, 0) is 33.6 Å². The molecule has 0 saturated carbocycles. The molecule has 0 amide bonds. The molecule has 0 spiro atoms. The van der Waals surface area contributed by atoms with E-state index >= 15 is 0 Å². The molecular weight excluding hydrogens is 216 g/mol. The monoisotopic (exact) mass is 240 g/mol. The molecule has 2 nitrogen and oxygen atoms in total. The molecule has 0 bridgehead atoms. The number of nitrogens with zero attached hydrogens (tertiary/aromatic N) is 1. The molecule has 3 unspecified atom stereocenters. The minimum Gasteiger partial charge on any atom is -0.307 e. The van der Waals surface area contributed by atoms with Crippen molar-refractivity contribution >= 4 is 11.3 Å². The summed E-state index contributed by atoms with van der Waals surface area (Å²) in [6.07, 6.45) is 1.22. The van der Waals surface area contributed by atoms with Gasteiger partial charge < -0.3 is 5.32 Å². The Morgan fingerprint density at radius 1 is 1.25 bits per heavy atom. The molecule has 0 radical (unpaired) electrons. The van der Waals surface area contributed by atoms with Gasteiger partial charge in [0.1, 0.15) is 0 Å². The molecule has 0 fully saturated rings. The van der Waals surface area contributed by atoms with Gasteiger partial charge in [-0.25, -0.2) is 4.98 Å². The first-order valence-electron chi connectivity index (χ1n) is 6.15. The lowest BCUT2D eigenvalue weighted by atomic mass is 10.00. The third kappa shape index (κ3) is 3.29. The maximum absolute atomic E-state index is 4.48. The number of hydrogen-bond acceptors (Lipinski definition) is 3. The van der Waals surface area contributed by atoms with Crippen molar-refractivity contribution in [1.82, 2.24) is 10.3 Å². The lowest BCUT2D eigenvalue weighted by Gasteiger charge is -2.24. The summed E-state index contributed by atoms with van der Waals surface area (Å²) in [5, 5.41) is 4.84. The molecule has 1 aromatic heterocycles. The Hall–Kier alpha value is -0.410. The Balaban J connectivity index is 2.65. The average Bonchev–Trinajstić information content (AvgIpc) is 2.56. The SMILES string of the molecule is CCC(C)C(C)NC(C)c1sc(C)nc1C. The summed E-state index contributed by atoms with van der Waals surface area (Å²) < 4.78 is 0. The van der Waals surface area contributed by atoms with Gasteiger partial charge >= 0.3 is 0 Å². The van der Waals surface area contributed by atoms with E-state index in [1.165, 1.54) is 17.0 Å². The standard InChI is InChI=1S/C13H24N2S/c1-7-8(2)9(3)14-10(4)13-11(5)15-12(6)16-13/h8-10,14H,7H2,1-6H3. The van der Waals surface area contributed by atoms with Crippen molar-refractivity contribution in [2.45, 2.75) is 60.0 Å². The van der Waals surface area contributed by atoms with E-state index in [1.54, 1.807) is 0 Å². The van der Waals surface area contributed by atoms with Crippen LogP contribution in [0.15, 0.2) is 0 Å². The predicted octanol–water partition coefficient (Wildman–Crippen LogP) is 3.85. The van der Waals surface area contributed by atoms with Crippen LogP contribution in [-0.4, -0.2) is 11.0 Å². The number of rotatable bonds is 5. The number of thiazole rings is 1. The van der Waals surface area contributed by atoms with Crippen molar-refractivity contribution in [3.05, 3.63) is 15.6 Å². The average molecular weight is 240 g/mol. The minimum absolute atomic E-state index is 0.412. The molecule has 0 aliphatic heterocycles. The second kappa shape index (κ2) is 5.78. The van der Waals surface area contributed by atoms with E-state index in [9.17, 15) is 0 Å². The van der Waals surface area contributed by atoms with Crippen molar-refractivity contribution < 1.29 is 0 Å². The van der Waals surface area contributed by atoms with E-state index < -0.39 is 0 Å². The molecule has 0 saturated heterocycles. The zero-order valence-corrected chi connectivity index (χ0v) is 12.1. The Morgan fingerprint density at radius 2 is 1.88 bits per heavy atom. The molecule has 0 aromatic carbocycles. The molecule has 3 atom stereocenters. The van der Waals surface area contributed by atoms with Crippen LogP contribution in [0.1, 0.15) is 55.7 Å². The van der Waals surface area contributed by atoms with Gasteiger partial charge in [-0.1, -0.05) is 20.3 Å². The van der Waals surface area contributed by atoms with Crippen LogP contribution in [0.5, 0.6) is 0 Å². The Kier molecular flexibility index (Phi) is 4.93. The van der Waals surface area contributed by atoms with Crippen molar-refractivity contribution in [1.29, 1.82) is 0 Å². The molecule has 1 N–H and O–H groups in total. The van der Waals surface area contributed by atoms with Crippen molar-refractivity contribution in [2.75, 3.05) is 0 Å². The van der Waals surface area contributed by atoms with Gasteiger partial charge in [-0.15, -0.1) is 11.3 Å². The number of hydrogen-bond donors (Lipinski definition) is 1. The first-order chi connectivity index (χ1) is 7.45. The predicted molar refractivity (Wildman–Crippen MR) is 72.1 cm³/mol. The Bertz CT molecular complexity index is 333. The number of nitrogens with one attached hydrogen (secondary N) is 1. The minimum atomic E-state index is 0.412. The van der Waals surface area contributed by atoms with E-state index in [0.717, 1.165) is 10.9 Å². The summed E-state index contributed by atoms with van der Waals surface area (Å²) in [4.78, 5) is 5.87. The molecule has 1 rings (SSSR count). The van der Waals surface area contributed by atoms with E-state index in [0.29, 0.717) is 12.1 Å².